The summed E-state index contributed by atoms with van der Waals surface area (Å²) in [5.74, 6) is 2.65. The fourth-order valence-corrected chi connectivity index (χ4v) is 13.8. The maximum atomic E-state index is 11.9. The molecular weight excluding hydrogens is 784 g/mol. The van der Waals surface area contributed by atoms with Crippen molar-refractivity contribution < 1.29 is 78.7 Å². The fourth-order valence-electron chi connectivity index (χ4n) is 13.8. The molecule has 1 spiro atoms. The van der Waals surface area contributed by atoms with E-state index in [0.29, 0.717) is 48.3 Å². The molecule has 0 aromatic heterocycles. The summed E-state index contributed by atoms with van der Waals surface area (Å²) in [6.07, 6.45) is -8.79. The summed E-state index contributed by atoms with van der Waals surface area (Å²) in [5.41, 5.74) is 1.54. The van der Waals surface area contributed by atoms with Crippen LogP contribution in [-0.4, -0.2) is 165 Å². The first kappa shape index (κ1) is 44.3. The lowest BCUT2D eigenvalue weighted by Crippen LogP contribution is -2.65. The first-order chi connectivity index (χ1) is 28.5. The predicted octanol–water partition coefficient (Wildman–Crippen LogP) is 0.853. The van der Waals surface area contributed by atoms with Gasteiger partial charge in [-0.2, -0.15) is 0 Å². The zero-order valence-electron chi connectivity index (χ0n) is 35.6. The number of aliphatic hydroxyl groups excluding tert-OH is 8. The van der Waals surface area contributed by atoms with E-state index in [2.05, 4.69) is 33.8 Å². The van der Waals surface area contributed by atoms with Crippen LogP contribution in [0.15, 0.2) is 11.6 Å². The Balaban J connectivity index is 0.913. The summed E-state index contributed by atoms with van der Waals surface area (Å²) in [5, 5.41) is 84.8. The number of fused-ring (bicyclic) bond motifs is 7. The number of hydrogen-bond acceptors (Lipinski definition) is 16. The largest absolute Gasteiger partial charge is 0.394 e. The zero-order valence-corrected chi connectivity index (χ0v) is 35.6. The van der Waals surface area contributed by atoms with Gasteiger partial charge < -0.3 is 78.7 Å². The molecule has 60 heavy (non-hydrogen) atoms. The minimum absolute atomic E-state index is 0.0141. The van der Waals surface area contributed by atoms with E-state index >= 15 is 0 Å². The van der Waals surface area contributed by atoms with Crippen LogP contribution in [-0.2, 0) is 37.9 Å². The minimum atomic E-state index is -1.70. The Morgan fingerprint density at radius 2 is 1.40 bits per heavy atom. The highest BCUT2D eigenvalue weighted by atomic mass is 16.8. The predicted molar refractivity (Wildman–Crippen MR) is 208 cm³/mol. The van der Waals surface area contributed by atoms with E-state index in [-0.39, 0.29) is 23.0 Å². The normalized spacial score (nSPS) is 57.7. The van der Waals surface area contributed by atoms with Gasteiger partial charge in [-0.15, -0.1) is 0 Å². The second kappa shape index (κ2) is 16.5. The van der Waals surface area contributed by atoms with Gasteiger partial charge in [-0.1, -0.05) is 39.3 Å². The second-order valence-corrected chi connectivity index (χ2v) is 20.6. The van der Waals surface area contributed by atoms with Gasteiger partial charge in [-0.05, 0) is 98.7 Å². The Morgan fingerprint density at radius 3 is 2.10 bits per heavy atom. The van der Waals surface area contributed by atoms with Crippen LogP contribution in [0.4, 0.5) is 0 Å². The molecular formula is C44H70O16. The molecule has 16 heteroatoms. The first-order valence-corrected chi connectivity index (χ1v) is 22.8. The van der Waals surface area contributed by atoms with Crippen LogP contribution in [0.5, 0.6) is 0 Å². The molecule has 5 aliphatic heterocycles. The highest BCUT2D eigenvalue weighted by molar-refractivity contribution is 5.26. The fraction of sp³-hybridized carbons (Fsp3) is 0.955. The molecule has 16 nitrogen and oxygen atoms in total. The molecule has 4 aliphatic carbocycles. The van der Waals surface area contributed by atoms with Crippen molar-refractivity contribution in [1.82, 2.24) is 0 Å². The van der Waals surface area contributed by atoms with Crippen LogP contribution >= 0.6 is 0 Å². The summed E-state index contributed by atoms with van der Waals surface area (Å²) in [6.45, 7) is 10.7. The molecule has 0 aromatic carbocycles. The van der Waals surface area contributed by atoms with Gasteiger partial charge in [0.15, 0.2) is 24.7 Å². The molecule has 5 saturated heterocycles. The molecule has 3 saturated carbocycles. The SMILES string of the molecule is CC1CCC2(OC1)OC1CC3C4CC=C5C[C@@H](O[C@@H]6OC(CO)[C@@H](O[C@@H]7O[C@@H](CO)[C@@H](O)C7O)[C@H](O)C6O[C@@H]6OC(C)[C@H](O)[C@H](O)C6O)CC[C@]5(C)C4CC[C@]3(C)C1[C@@H]2C. The number of ether oxygens (including phenoxy) is 8. The lowest BCUT2D eigenvalue weighted by Gasteiger charge is -2.58. The van der Waals surface area contributed by atoms with Crippen molar-refractivity contribution in [2.75, 3.05) is 19.8 Å². The number of aliphatic hydroxyl groups is 8. The van der Waals surface area contributed by atoms with E-state index in [1.807, 2.05) is 0 Å². The van der Waals surface area contributed by atoms with Crippen molar-refractivity contribution in [3.05, 3.63) is 11.6 Å². The molecule has 0 radical (unpaired) electrons. The zero-order chi connectivity index (χ0) is 42.6. The Kier molecular flexibility index (Phi) is 12.2. The van der Waals surface area contributed by atoms with Gasteiger partial charge in [0, 0.05) is 12.3 Å². The molecule has 342 valence electrons. The topological polar surface area (TPSA) is 236 Å². The first-order valence-electron chi connectivity index (χ1n) is 22.8. The highest BCUT2D eigenvalue weighted by Gasteiger charge is 2.69. The molecule has 8 fully saturated rings. The van der Waals surface area contributed by atoms with Crippen LogP contribution in [0.2, 0.25) is 0 Å². The standard InChI is InChI=1S/C44H70O16/c1-19-8-13-44(53-18-19)20(2)30-27(60-44)15-26-24-7-6-22-14-23(9-11-42(22,4)25(24)10-12-43(26,30)5)55-41-38(59-39-35(51)33(49)31(47)21(3)54-39)36(52)37(29(17-46)57-41)58-40-34(50)32(48)28(16-45)56-40/h6,19-21,23-41,45-52H,7-18H2,1-5H3/t19?,20-,21?,23-,24?,25?,26?,27?,28-,29?,30?,31-,32+,33-,34?,35?,36-,37+,38?,39-,40-,41+,42-,43-,44?/m0/s1. The van der Waals surface area contributed by atoms with E-state index in [0.717, 1.165) is 45.1 Å². The summed E-state index contributed by atoms with van der Waals surface area (Å²) >= 11 is 0. The maximum absolute atomic E-state index is 11.9. The van der Waals surface area contributed by atoms with Crippen LogP contribution < -0.4 is 0 Å². The summed E-state index contributed by atoms with van der Waals surface area (Å²) in [6, 6.07) is 0. The second-order valence-electron chi connectivity index (χ2n) is 20.6. The molecule has 0 bridgehead atoms. The van der Waals surface area contributed by atoms with Gasteiger partial charge in [-0.25, -0.2) is 0 Å². The quantitative estimate of drug-likeness (QED) is 0.158. The van der Waals surface area contributed by atoms with Crippen molar-refractivity contribution in [1.29, 1.82) is 0 Å². The van der Waals surface area contributed by atoms with Gasteiger partial charge >= 0.3 is 0 Å². The summed E-state index contributed by atoms with van der Waals surface area (Å²) < 4.78 is 49.9. The number of rotatable bonds is 8. The summed E-state index contributed by atoms with van der Waals surface area (Å²) in [4.78, 5) is 0. The van der Waals surface area contributed by atoms with Crippen molar-refractivity contribution in [3.63, 3.8) is 0 Å². The van der Waals surface area contributed by atoms with E-state index in [4.69, 9.17) is 37.9 Å². The minimum Gasteiger partial charge on any atom is -0.394 e. The molecule has 9 rings (SSSR count). The van der Waals surface area contributed by atoms with Gasteiger partial charge in [0.05, 0.1) is 38.1 Å². The molecule has 8 N–H and O–H groups in total. The van der Waals surface area contributed by atoms with Crippen molar-refractivity contribution >= 4 is 0 Å². The van der Waals surface area contributed by atoms with Crippen molar-refractivity contribution in [2.24, 2.45) is 46.3 Å². The molecule has 0 aromatic rings. The van der Waals surface area contributed by atoms with E-state index in [1.54, 1.807) is 0 Å². The Hall–Kier alpha value is -0.900. The van der Waals surface area contributed by atoms with Crippen LogP contribution in [0.3, 0.4) is 0 Å². The maximum Gasteiger partial charge on any atom is 0.187 e. The van der Waals surface area contributed by atoms with Crippen LogP contribution in [0.25, 0.3) is 0 Å². The van der Waals surface area contributed by atoms with Gasteiger partial charge in [0.25, 0.3) is 0 Å². The van der Waals surface area contributed by atoms with E-state index in [1.165, 1.54) is 18.9 Å². The lowest BCUT2D eigenvalue weighted by atomic mass is 9.47. The Morgan fingerprint density at radius 1 is 0.700 bits per heavy atom. The average molecular weight is 855 g/mol. The van der Waals surface area contributed by atoms with Crippen molar-refractivity contribution in [2.45, 2.75) is 196 Å². The third-order valence-electron chi connectivity index (χ3n) is 17.3. The molecule has 25 atom stereocenters. The van der Waals surface area contributed by atoms with E-state index < -0.39 is 105 Å². The monoisotopic (exact) mass is 854 g/mol. The summed E-state index contributed by atoms with van der Waals surface area (Å²) in [7, 11) is 0. The molecule has 12 unspecified atom stereocenters. The number of allylic oxidation sites excluding steroid dienone is 1. The third-order valence-corrected chi connectivity index (χ3v) is 17.3. The third kappa shape index (κ3) is 7.10. The smallest absolute Gasteiger partial charge is 0.187 e. The van der Waals surface area contributed by atoms with Gasteiger partial charge in [0.2, 0.25) is 0 Å². The average Bonchev–Trinajstić information content (AvgIpc) is 3.79. The van der Waals surface area contributed by atoms with Crippen LogP contribution in [0.1, 0.15) is 92.4 Å². The van der Waals surface area contributed by atoms with Crippen molar-refractivity contribution in [3.8, 4) is 0 Å². The lowest BCUT2D eigenvalue weighted by molar-refractivity contribution is -0.380. The highest BCUT2D eigenvalue weighted by Crippen LogP contribution is 2.70. The Labute approximate surface area is 352 Å². The molecule has 5 heterocycles. The van der Waals surface area contributed by atoms with E-state index in [9.17, 15) is 40.9 Å². The molecule has 9 aliphatic rings. The molecule has 0 amide bonds. The number of hydrogen-bond donors (Lipinski definition) is 8. The Bertz CT molecular complexity index is 1560. The van der Waals surface area contributed by atoms with Gasteiger partial charge in [0.1, 0.15) is 61.0 Å². The van der Waals surface area contributed by atoms with Gasteiger partial charge in [-0.3, -0.25) is 0 Å². The van der Waals surface area contributed by atoms with Crippen LogP contribution in [0, 0.1) is 46.3 Å².